The number of benzene rings is 1. The summed E-state index contributed by atoms with van der Waals surface area (Å²) in [5, 5.41) is 0. The minimum absolute atomic E-state index is 0.209. The van der Waals surface area contributed by atoms with E-state index < -0.39 is 10.0 Å². The molecule has 0 saturated carbocycles. The van der Waals surface area contributed by atoms with E-state index in [1.807, 2.05) is 25.1 Å². The molecular formula is C13H19NO2S. The first kappa shape index (κ1) is 12.4. The minimum Gasteiger partial charge on any atom is -0.284 e. The zero-order chi connectivity index (χ0) is 12.3. The summed E-state index contributed by atoms with van der Waals surface area (Å²) in [6.07, 6.45) is 4.98. The van der Waals surface area contributed by atoms with Crippen LogP contribution in [0.25, 0.3) is 0 Å². The molecule has 4 heteroatoms. The number of rotatable bonds is 5. The second kappa shape index (κ2) is 5.08. The van der Waals surface area contributed by atoms with Gasteiger partial charge in [-0.15, -0.1) is 0 Å². The van der Waals surface area contributed by atoms with Crippen LogP contribution in [0, 0.1) is 0 Å². The maximum atomic E-state index is 11.7. The first-order chi connectivity index (χ1) is 8.11. The molecule has 0 saturated heterocycles. The summed E-state index contributed by atoms with van der Waals surface area (Å²) in [5.41, 5.74) is 3.36. The van der Waals surface area contributed by atoms with Crippen LogP contribution in [-0.2, 0) is 22.9 Å². The second-order valence-electron chi connectivity index (χ2n) is 4.61. The van der Waals surface area contributed by atoms with E-state index in [9.17, 15) is 8.42 Å². The first-order valence-corrected chi connectivity index (χ1v) is 7.88. The number of hydrogen-bond donors (Lipinski definition) is 1. The van der Waals surface area contributed by atoms with E-state index in [0.717, 1.165) is 19.3 Å². The van der Waals surface area contributed by atoms with Gasteiger partial charge in [-0.3, -0.25) is 4.72 Å². The largest absolute Gasteiger partial charge is 0.284 e. The zero-order valence-corrected chi connectivity index (χ0v) is 11.0. The molecule has 0 radical (unpaired) electrons. The van der Waals surface area contributed by atoms with Gasteiger partial charge in [0.25, 0.3) is 0 Å². The van der Waals surface area contributed by atoms with Crippen LogP contribution < -0.4 is 4.72 Å². The predicted octanol–water partition coefficient (Wildman–Crippen LogP) is 2.72. The Labute approximate surface area is 103 Å². The van der Waals surface area contributed by atoms with E-state index in [1.54, 1.807) is 0 Å². The summed E-state index contributed by atoms with van der Waals surface area (Å²) >= 11 is 0. The lowest BCUT2D eigenvalue weighted by Crippen LogP contribution is -2.16. The summed E-state index contributed by atoms with van der Waals surface area (Å²) in [7, 11) is -3.16. The van der Waals surface area contributed by atoms with Gasteiger partial charge in [-0.1, -0.05) is 19.4 Å². The Kier molecular flexibility index (Phi) is 3.72. The topological polar surface area (TPSA) is 46.2 Å². The van der Waals surface area contributed by atoms with Gasteiger partial charge in [0.15, 0.2) is 0 Å². The average molecular weight is 253 g/mol. The van der Waals surface area contributed by atoms with Crippen LogP contribution in [0.5, 0.6) is 0 Å². The lowest BCUT2D eigenvalue weighted by Gasteiger charge is -2.09. The SMILES string of the molecule is CCCCS(=O)(=O)Nc1ccc2c(c1)CCC2. The van der Waals surface area contributed by atoms with Gasteiger partial charge in [0.2, 0.25) is 10.0 Å². The van der Waals surface area contributed by atoms with Crippen molar-refractivity contribution in [1.29, 1.82) is 0 Å². The monoisotopic (exact) mass is 253 g/mol. The molecule has 0 unspecified atom stereocenters. The lowest BCUT2D eigenvalue weighted by molar-refractivity contribution is 0.598. The Morgan fingerprint density at radius 2 is 2.00 bits per heavy atom. The average Bonchev–Trinajstić information content (AvgIpc) is 2.73. The number of unbranched alkanes of at least 4 members (excludes halogenated alkanes) is 1. The number of aryl methyl sites for hydroxylation is 2. The highest BCUT2D eigenvalue weighted by molar-refractivity contribution is 7.92. The highest BCUT2D eigenvalue weighted by Gasteiger charge is 2.13. The fourth-order valence-corrected chi connectivity index (χ4v) is 3.46. The molecule has 0 aliphatic heterocycles. The Morgan fingerprint density at radius 3 is 2.76 bits per heavy atom. The summed E-state index contributed by atoms with van der Waals surface area (Å²) in [4.78, 5) is 0. The predicted molar refractivity (Wildman–Crippen MR) is 70.8 cm³/mol. The van der Waals surface area contributed by atoms with Crippen LogP contribution in [0.4, 0.5) is 5.69 Å². The van der Waals surface area contributed by atoms with E-state index in [0.29, 0.717) is 12.1 Å². The van der Waals surface area contributed by atoms with Crippen molar-refractivity contribution in [2.45, 2.75) is 39.0 Å². The third-order valence-corrected chi connectivity index (χ3v) is 4.51. The molecule has 1 aromatic carbocycles. The van der Waals surface area contributed by atoms with Crippen LogP contribution in [0.15, 0.2) is 18.2 Å². The number of nitrogens with one attached hydrogen (secondary N) is 1. The van der Waals surface area contributed by atoms with Crippen molar-refractivity contribution >= 4 is 15.7 Å². The highest BCUT2D eigenvalue weighted by atomic mass is 32.2. The van der Waals surface area contributed by atoms with E-state index in [2.05, 4.69) is 4.72 Å². The maximum Gasteiger partial charge on any atom is 0.232 e. The van der Waals surface area contributed by atoms with E-state index >= 15 is 0 Å². The summed E-state index contributed by atoms with van der Waals surface area (Å²) in [6.45, 7) is 1.99. The van der Waals surface area contributed by atoms with E-state index in [-0.39, 0.29) is 5.75 Å². The molecule has 0 aromatic heterocycles. The molecule has 0 spiro atoms. The number of fused-ring (bicyclic) bond motifs is 1. The van der Waals surface area contributed by atoms with Gasteiger partial charge in [-0.2, -0.15) is 0 Å². The van der Waals surface area contributed by atoms with Crippen molar-refractivity contribution in [2.75, 3.05) is 10.5 Å². The molecule has 2 rings (SSSR count). The maximum absolute atomic E-state index is 11.7. The van der Waals surface area contributed by atoms with Crippen molar-refractivity contribution in [3.8, 4) is 0 Å². The molecule has 0 atom stereocenters. The van der Waals surface area contributed by atoms with Crippen molar-refractivity contribution in [1.82, 2.24) is 0 Å². The van der Waals surface area contributed by atoms with Gasteiger partial charge in [-0.25, -0.2) is 8.42 Å². The van der Waals surface area contributed by atoms with Crippen molar-refractivity contribution in [2.24, 2.45) is 0 Å². The zero-order valence-electron chi connectivity index (χ0n) is 10.2. The first-order valence-electron chi connectivity index (χ1n) is 6.23. The highest BCUT2D eigenvalue weighted by Crippen LogP contribution is 2.25. The molecule has 17 heavy (non-hydrogen) atoms. The second-order valence-corrected chi connectivity index (χ2v) is 6.45. The number of hydrogen-bond acceptors (Lipinski definition) is 2. The molecule has 94 valence electrons. The Hall–Kier alpha value is -1.03. The number of sulfonamides is 1. The molecule has 0 bridgehead atoms. The molecule has 1 aromatic rings. The fourth-order valence-electron chi connectivity index (χ4n) is 2.20. The van der Waals surface area contributed by atoms with Crippen LogP contribution in [0.3, 0.4) is 0 Å². The number of anilines is 1. The van der Waals surface area contributed by atoms with Crippen molar-refractivity contribution < 1.29 is 8.42 Å². The Bertz CT molecular complexity index is 494. The Balaban J connectivity index is 2.09. The smallest absolute Gasteiger partial charge is 0.232 e. The third-order valence-electron chi connectivity index (χ3n) is 3.14. The minimum atomic E-state index is -3.16. The van der Waals surface area contributed by atoms with Crippen LogP contribution in [0.2, 0.25) is 0 Å². The Morgan fingerprint density at radius 1 is 1.24 bits per heavy atom. The van der Waals surface area contributed by atoms with E-state index in [4.69, 9.17) is 0 Å². The molecule has 0 amide bonds. The quantitative estimate of drug-likeness (QED) is 0.877. The van der Waals surface area contributed by atoms with Crippen LogP contribution in [-0.4, -0.2) is 14.2 Å². The van der Waals surface area contributed by atoms with Gasteiger partial charge in [0.1, 0.15) is 0 Å². The molecule has 1 aliphatic rings. The lowest BCUT2D eigenvalue weighted by atomic mass is 10.1. The van der Waals surface area contributed by atoms with E-state index in [1.165, 1.54) is 17.5 Å². The molecule has 3 nitrogen and oxygen atoms in total. The van der Waals surface area contributed by atoms with Crippen LogP contribution in [0.1, 0.15) is 37.3 Å². The van der Waals surface area contributed by atoms with Crippen molar-refractivity contribution in [3.63, 3.8) is 0 Å². The van der Waals surface area contributed by atoms with Gasteiger partial charge in [0.05, 0.1) is 5.75 Å². The standard InChI is InChI=1S/C13H19NO2S/c1-2-3-9-17(15,16)14-13-8-7-11-5-4-6-12(11)10-13/h7-8,10,14H,2-6,9H2,1H3. The molecular weight excluding hydrogens is 234 g/mol. The fraction of sp³-hybridized carbons (Fsp3) is 0.538. The molecule has 0 fully saturated rings. The van der Waals surface area contributed by atoms with Crippen LogP contribution >= 0.6 is 0 Å². The summed E-state index contributed by atoms with van der Waals surface area (Å²) in [6, 6.07) is 5.89. The summed E-state index contributed by atoms with van der Waals surface area (Å²) in [5.74, 6) is 0.209. The molecule has 1 aliphatic carbocycles. The van der Waals surface area contributed by atoms with Gasteiger partial charge < -0.3 is 0 Å². The molecule has 0 heterocycles. The van der Waals surface area contributed by atoms with Crippen molar-refractivity contribution in [3.05, 3.63) is 29.3 Å². The molecule has 1 N–H and O–H groups in total. The normalized spacial score (nSPS) is 14.6. The van der Waals surface area contributed by atoms with Gasteiger partial charge in [-0.05, 0) is 48.9 Å². The summed E-state index contributed by atoms with van der Waals surface area (Å²) < 4.78 is 26.2. The van der Waals surface area contributed by atoms with Gasteiger partial charge in [0, 0.05) is 5.69 Å². The third kappa shape index (κ3) is 3.22. The van der Waals surface area contributed by atoms with Gasteiger partial charge >= 0.3 is 0 Å².